The van der Waals surface area contributed by atoms with E-state index >= 15 is 0 Å². The second kappa shape index (κ2) is 5.73. The number of hydrogen-bond acceptors (Lipinski definition) is 3. The van der Waals surface area contributed by atoms with Crippen LogP contribution in [0.2, 0.25) is 0 Å². The lowest BCUT2D eigenvalue weighted by molar-refractivity contribution is 0.0107. The smallest absolute Gasteiger partial charge is 0.124 e. The largest absolute Gasteiger partial charge is 0.496 e. The van der Waals surface area contributed by atoms with Crippen molar-refractivity contribution >= 4 is 0 Å². The zero-order valence-electron chi connectivity index (χ0n) is 9.57. The molecule has 3 heteroatoms. The van der Waals surface area contributed by atoms with Gasteiger partial charge in [0.1, 0.15) is 5.75 Å². The van der Waals surface area contributed by atoms with Gasteiger partial charge in [0.25, 0.3) is 0 Å². The van der Waals surface area contributed by atoms with Gasteiger partial charge in [0.15, 0.2) is 0 Å². The van der Waals surface area contributed by atoms with Gasteiger partial charge in [-0.1, -0.05) is 18.2 Å². The summed E-state index contributed by atoms with van der Waals surface area (Å²) in [6.45, 7) is 4.45. The molecule has 15 heavy (non-hydrogen) atoms. The molecule has 0 aliphatic heterocycles. The highest BCUT2D eigenvalue weighted by molar-refractivity contribution is 5.35. The van der Waals surface area contributed by atoms with E-state index in [4.69, 9.17) is 15.2 Å². The molecule has 0 radical (unpaired) electrons. The normalized spacial score (nSPS) is 12.9. The van der Waals surface area contributed by atoms with E-state index < -0.39 is 0 Å². The zero-order valence-corrected chi connectivity index (χ0v) is 9.57. The Labute approximate surface area is 91.2 Å². The fourth-order valence-corrected chi connectivity index (χ4v) is 1.52. The lowest BCUT2D eigenvalue weighted by atomic mass is 10.1. The van der Waals surface area contributed by atoms with Gasteiger partial charge in [0.05, 0.1) is 19.3 Å². The molecular weight excluding hydrogens is 190 g/mol. The lowest BCUT2D eigenvalue weighted by Crippen LogP contribution is -2.19. The van der Waals surface area contributed by atoms with Gasteiger partial charge in [0, 0.05) is 12.1 Å². The maximum absolute atomic E-state index is 5.72. The number of methoxy groups -OCH3 is 1. The van der Waals surface area contributed by atoms with E-state index in [0.29, 0.717) is 6.54 Å². The molecule has 0 saturated carbocycles. The number of rotatable bonds is 5. The zero-order chi connectivity index (χ0) is 11.3. The summed E-state index contributed by atoms with van der Waals surface area (Å²) in [5, 5.41) is 0. The van der Waals surface area contributed by atoms with E-state index in [1.165, 1.54) is 0 Å². The van der Waals surface area contributed by atoms with Crippen LogP contribution in [-0.4, -0.2) is 19.8 Å². The van der Waals surface area contributed by atoms with Crippen LogP contribution in [0.5, 0.6) is 5.75 Å². The fraction of sp³-hybridized carbons (Fsp3) is 0.500. The molecule has 1 atom stereocenters. The van der Waals surface area contributed by atoms with Crippen LogP contribution >= 0.6 is 0 Å². The Morgan fingerprint density at radius 3 is 2.47 bits per heavy atom. The van der Waals surface area contributed by atoms with E-state index in [1.807, 2.05) is 38.1 Å². The van der Waals surface area contributed by atoms with Crippen molar-refractivity contribution in [3.05, 3.63) is 29.8 Å². The van der Waals surface area contributed by atoms with Crippen molar-refractivity contribution in [2.75, 3.05) is 13.7 Å². The molecule has 0 spiro atoms. The molecule has 1 unspecified atom stereocenters. The first-order chi connectivity index (χ1) is 7.19. The third kappa shape index (κ3) is 3.22. The average molecular weight is 209 g/mol. The second-order valence-corrected chi connectivity index (χ2v) is 3.65. The molecule has 1 aromatic carbocycles. The SMILES string of the molecule is COc1ccccc1C(CN)OC(C)C. The minimum atomic E-state index is -0.0962. The quantitative estimate of drug-likeness (QED) is 0.807. The molecule has 0 aromatic heterocycles. The van der Waals surface area contributed by atoms with Gasteiger partial charge in [-0.2, -0.15) is 0 Å². The molecule has 0 aliphatic rings. The number of ether oxygens (including phenoxy) is 2. The number of hydrogen-bond donors (Lipinski definition) is 1. The minimum Gasteiger partial charge on any atom is -0.496 e. The number of para-hydroxylation sites is 1. The Hall–Kier alpha value is -1.06. The summed E-state index contributed by atoms with van der Waals surface area (Å²) in [5.74, 6) is 0.827. The molecule has 3 nitrogen and oxygen atoms in total. The van der Waals surface area contributed by atoms with Crippen molar-refractivity contribution in [1.29, 1.82) is 0 Å². The molecule has 84 valence electrons. The Balaban J connectivity index is 2.90. The van der Waals surface area contributed by atoms with E-state index in [0.717, 1.165) is 11.3 Å². The summed E-state index contributed by atoms with van der Waals surface area (Å²) in [6, 6.07) is 7.80. The Morgan fingerprint density at radius 1 is 1.27 bits per heavy atom. The van der Waals surface area contributed by atoms with Gasteiger partial charge in [-0.3, -0.25) is 0 Å². The van der Waals surface area contributed by atoms with E-state index in [-0.39, 0.29) is 12.2 Å². The standard InChI is InChI=1S/C12H19NO2/c1-9(2)15-12(8-13)10-6-4-5-7-11(10)14-3/h4-7,9,12H,8,13H2,1-3H3. The van der Waals surface area contributed by atoms with Crippen LogP contribution in [0.3, 0.4) is 0 Å². The van der Waals surface area contributed by atoms with Gasteiger partial charge >= 0.3 is 0 Å². The van der Waals surface area contributed by atoms with Crippen molar-refractivity contribution in [2.24, 2.45) is 5.73 Å². The van der Waals surface area contributed by atoms with Gasteiger partial charge in [-0.05, 0) is 19.9 Å². The van der Waals surface area contributed by atoms with Crippen LogP contribution in [0.25, 0.3) is 0 Å². The average Bonchev–Trinajstić information content (AvgIpc) is 2.25. The van der Waals surface area contributed by atoms with Gasteiger partial charge in [-0.25, -0.2) is 0 Å². The molecule has 0 aliphatic carbocycles. The molecule has 0 heterocycles. The summed E-state index contributed by atoms with van der Waals surface area (Å²) >= 11 is 0. The predicted molar refractivity (Wildman–Crippen MR) is 61.0 cm³/mol. The highest BCUT2D eigenvalue weighted by Gasteiger charge is 2.15. The Morgan fingerprint density at radius 2 is 1.93 bits per heavy atom. The van der Waals surface area contributed by atoms with Gasteiger partial charge in [0.2, 0.25) is 0 Å². The van der Waals surface area contributed by atoms with Crippen molar-refractivity contribution in [1.82, 2.24) is 0 Å². The Kier molecular flexibility index (Phi) is 4.59. The van der Waals surface area contributed by atoms with Crippen LogP contribution in [-0.2, 0) is 4.74 Å². The van der Waals surface area contributed by atoms with Crippen LogP contribution in [0.15, 0.2) is 24.3 Å². The summed E-state index contributed by atoms with van der Waals surface area (Å²) in [6.07, 6.45) is 0.0598. The van der Waals surface area contributed by atoms with E-state index in [2.05, 4.69) is 0 Å². The second-order valence-electron chi connectivity index (χ2n) is 3.65. The van der Waals surface area contributed by atoms with E-state index in [9.17, 15) is 0 Å². The van der Waals surface area contributed by atoms with Crippen LogP contribution in [0.4, 0.5) is 0 Å². The molecule has 0 saturated heterocycles. The van der Waals surface area contributed by atoms with Crippen molar-refractivity contribution in [3.63, 3.8) is 0 Å². The predicted octanol–water partition coefficient (Wildman–Crippen LogP) is 2.12. The highest BCUT2D eigenvalue weighted by Crippen LogP contribution is 2.27. The maximum Gasteiger partial charge on any atom is 0.124 e. The number of nitrogens with two attached hydrogens (primary N) is 1. The molecule has 1 rings (SSSR count). The maximum atomic E-state index is 5.72. The monoisotopic (exact) mass is 209 g/mol. The van der Waals surface area contributed by atoms with Crippen LogP contribution < -0.4 is 10.5 Å². The highest BCUT2D eigenvalue weighted by atomic mass is 16.5. The third-order valence-corrected chi connectivity index (χ3v) is 2.14. The molecular formula is C12H19NO2. The summed E-state index contributed by atoms with van der Waals surface area (Å²) in [7, 11) is 1.65. The first kappa shape index (κ1) is 12.0. The van der Waals surface area contributed by atoms with Crippen molar-refractivity contribution in [2.45, 2.75) is 26.1 Å². The summed E-state index contributed by atoms with van der Waals surface area (Å²) in [4.78, 5) is 0. The third-order valence-electron chi connectivity index (χ3n) is 2.14. The van der Waals surface area contributed by atoms with Crippen LogP contribution in [0, 0.1) is 0 Å². The lowest BCUT2D eigenvalue weighted by Gasteiger charge is -2.21. The Bertz CT molecular complexity index is 299. The first-order valence-corrected chi connectivity index (χ1v) is 5.17. The molecule has 0 amide bonds. The fourth-order valence-electron chi connectivity index (χ4n) is 1.52. The van der Waals surface area contributed by atoms with E-state index in [1.54, 1.807) is 7.11 Å². The van der Waals surface area contributed by atoms with Gasteiger partial charge in [-0.15, -0.1) is 0 Å². The van der Waals surface area contributed by atoms with Crippen molar-refractivity contribution < 1.29 is 9.47 Å². The summed E-state index contributed by atoms with van der Waals surface area (Å²) < 4.78 is 11.0. The van der Waals surface area contributed by atoms with Crippen LogP contribution in [0.1, 0.15) is 25.5 Å². The molecule has 0 bridgehead atoms. The topological polar surface area (TPSA) is 44.5 Å². The molecule has 0 fully saturated rings. The van der Waals surface area contributed by atoms with Gasteiger partial charge < -0.3 is 15.2 Å². The number of benzene rings is 1. The summed E-state index contributed by atoms with van der Waals surface area (Å²) in [5.41, 5.74) is 6.71. The molecule has 2 N–H and O–H groups in total. The molecule has 1 aromatic rings. The van der Waals surface area contributed by atoms with Crippen molar-refractivity contribution in [3.8, 4) is 5.75 Å². The minimum absolute atomic E-state index is 0.0962. The first-order valence-electron chi connectivity index (χ1n) is 5.17.